The molecule has 0 saturated carbocycles. The van der Waals surface area contributed by atoms with Gasteiger partial charge in [-0.25, -0.2) is 4.79 Å². The smallest absolute Gasteiger partial charge is 0.338 e. The van der Waals surface area contributed by atoms with Gasteiger partial charge in [0.05, 0.1) is 16.8 Å². The molecule has 0 radical (unpaired) electrons. The minimum atomic E-state index is -0.605. The summed E-state index contributed by atoms with van der Waals surface area (Å²) in [6, 6.07) is 23.3. The van der Waals surface area contributed by atoms with Crippen LogP contribution in [0.1, 0.15) is 32.9 Å². The first-order valence-electron chi connectivity index (χ1n) is 11.4. The van der Waals surface area contributed by atoms with E-state index in [0.29, 0.717) is 41.7 Å². The van der Waals surface area contributed by atoms with Crippen molar-refractivity contribution in [3.63, 3.8) is 0 Å². The van der Waals surface area contributed by atoms with Gasteiger partial charge in [0.2, 0.25) is 0 Å². The summed E-state index contributed by atoms with van der Waals surface area (Å²) in [7, 11) is 0. The Morgan fingerprint density at radius 1 is 0.833 bits per heavy atom. The van der Waals surface area contributed by atoms with E-state index in [0.717, 1.165) is 16.8 Å². The van der Waals surface area contributed by atoms with Gasteiger partial charge in [0.1, 0.15) is 30.5 Å². The first kappa shape index (κ1) is 24.5. The zero-order valence-electron chi connectivity index (χ0n) is 20.0. The van der Waals surface area contributed by atoms with Crippen molar-refractivity contribution in [3.05, 3.63) is 107 Å². The van der Waals surface area contributed by atoms with Crippen LogP contribution in [-0.4, -0.2) is 23.6 Å². The Hall–Kier alpha value is -4.59. The molecule has 1 N–H and O–H groups in total. The zero-order chi connectivity index (χ0) is 25.3. The van der Waals surface area contributed by atoms with E-state index in [9.17, 15) is 9.59 Å². The fourth-order valence-corrected chi connectivity index (χ4v) is 3.34. The second-order valence-corrected chi connectivity index (χ2v) is 8.04. The molecule has 0 unspecified atom stereocenters. The minimum Gasteiger partial charge on any atom is -0.489 e. The van der Waals surface area contributed by atoms with Crippen LogP contribution in [-0.2, 0) is 22.7 Å². The van der Waals surface area contributed by atoms with E-state index in [4.69, 9.17) is 18.7 Å². The van der Waals surface area contributed by atoms with Crippen molar-refractivity contribution >= 4 is 17.6 Å². The highest BCUT2D eigenvalue weighted by Crippen LogP contribution is 2.19. The maximum absolute atomic E-state index is 12.3. The molecule has 4 aromatic rings. The van der Waals surface area contributed by atoms with Gasteiger partial charge in [0.15, 0.2) is 6.61 Å². The third kappa shape index (κ3) is 6.73. The highest BCUT2D eigenvalue weighted by Gasteiger charge is 2.12. The summed E-state index contributed by atoms with van der Waals surface area (Å²) in [5.41, 5.74) is 3.61. The molecular weight excluding hydrogens is 460 g/mol. The fourth-order valence-electron chi connectivity index (χ4n) is 3.34. The summed E-state index contributed by atoms with van der Waals surface area (Å²) in [5, 5.41) is 6.59. The van der Waals surface area contributed by atoms with Crippen LogP contribution < -0.4 is 14.8 Å². The van der Waals surface area contributed by atoms with Gasteiger partial charge in [-0.1, -0.05) is 35.5 Å². The standard InChI is InChI=1S/C28H26N2O6/c1-19-26(20(2)36-30-19)17-34-24-12-8-22(9-13-24)28(32)35-18-27(31)29-23-10-14-25(15-11-23)33-16-21-6-4-3-5-7-21/h3-15H,16-18H2,1-2H3,(H,29,31). The van der Waals surface area contributed by atoms with Gasteiger partial charge in [0.25, 0.3) is 5.91 Å². The molecule has 0 fully saturated rings. The number of carbonyl (C=O) groups is 2. The number of aryl methyl sites for hydroxylation is 2. The van der Waals surface area contributed by atoms with E-state index in [1.807, 2.05) is 44.2 Å². The third-order valence-electron chi connectivity index (χ3n) is 5.38. The van der Waals surface area contributed by atoms with Gasteiger partial charge in [-0.2, -0.15) is 0 Å². The lowest BCUT2D eigenvalue weighted by atomic mass is 10.2. The average Bonchev–Trinajstić information content (AvgIpc) is 3.23. The molecule has 0 aliphatic heterocycles. The second-order valence-electron chi connectivity index (χ2n) is 8.04. The maximum Gasteiger partial charge on any atom is 0.338 e. The molecular formula is C28H26N2O6. The van der Waals surface area contributed by atoms with Crippen molar-refractivity contribution in [1.29, 1.82) is 0 Å². The van der Waals surface area contributed by atoms with Gasteiger partial charge < -0.3 is 24.1 Å². The van der Waals surface area contributed by atoms with Crippen LogP contribution >= 0.6 is 0 Å². The van der Waals surface area contributed by atoms with Crippen molar-refractivity contribution in [1.82, 2.24) is 5.16 Å². The molecule has 8 nitrogen and oxygen atoms in total. The highest BCUT2D eigenvalue weighted by molar-refractivity contribution is 5.95. The molecule has 8 heteroatoms. The summed E-state index contributed by atoms with van der Waals surface area (Å²) in [6.45, 7) is 4.03. The number of nitrogens with zero attached hydrogens (tertiary/aromatic N) is 1. The van der Waals surface area contributed by atoms with Crippen LogP contribution in [0.5, 0.6) is 11.5 Å². The first-order chi connectivity index (χ1) is 17.5. The lowest BCUT2D eigenvalue weighted by molar-refractivity contribution is -0.119. The van der Waals surface area contributed by atoms with Gasteiger partial charge in [-0.05, 0) is 67.9 Å². The van der Waals surface area contributed by atoms with Crippen molar-refractivity contribution in [3.8, 4) is 11.5 Å². The molecule has 1 aromatic heterocycles. The molecule has 0 spiro atoms. The van der Waals surface area contributed by atoms with Crippen LogP contribution in [0.25, 0.3) is 0 Å². The number of anilines is 1. The number of rotatable bonds is 10. The van der Waals surface area contributed by atoms with Crippen molar-refractivity contribution < 1.29 is 28.3 Å². The fraction of sp³-hybridized carbons (Fsp3) is 0.179. The topological polar surface area (TPSA) is 99.9 Å². The summed E-state index contributed by atoms with van der Waals surface area (Å²) < 4.78 is 21.7. The number of hydrogen-bond donors (Lipinski definition) is 1. The minimum absolute atomic E-state index is 0.311. The van der Waals surface area contributed by atoms with E-state index in [1.54, 1.807) is 48.5 Å². The monoisotopic (exact) mass is 486 g/mol. The molecule has 1 heterocycles. The van der Waals surface area contributed by atoms with Gasteiger partial charge in [-0.15, -0.1) is 0 Å². The summed E-state index contributed by atoms with van der Waals surface area (Å²) in [5.74, 6) is 0.925. The maximum atomic E-state index is 12.3. The van der Waals surface area contributed by atoms with Gasteiger partial charge >= 0.3 is 5.97 Å². The number of ether oxygens (including phenoxy) is 3. The quantitative estimate of drug-likeness (QED) is 0.306. The number of carbonyl (C=O) groups excluding carboxylic acids is 2. The molecule has 0 atom stereocenters. The SMILES string of the molecule is Cc1noc(C)c1COc1ccc(C(=O)OCC(=O)Nc2ccc(OCc3ccccc3)cc2)cc1. The predicted octanol–water partition coefficient (Wildman–Crippen LogP) is 5.24. The molecule has 4 rings (SSSR count). The van der Waals surface area contributed by atoms with Gasteiger partial charge in [0, 0.05) is 5.69 Å². The van der Waals surface area contributed by atoms with E-state index >= 15 is 0 Å². The van der Waals surface area contributed by atoms with Crippen LogP contribution in [0.15, 0.2) is 83.4 Å². The number of benzene rings is 3. The first-order valence-corrected chi connectivity index (χ1v) is 11.4. The van der Waals surface area contributed by atoms with Crippen LogP contribution in [0, 0.1) is 13.8 Å². The van der Waals surface area contributed by atoms with Crippen LogP contribution in [0.3, 0.4) is 0 Å². The van der Waals surface area contributed by atoms with Crippen molar-refractivity contribution in [2.24, 2.45) is 0 Å². The number of aromatic nitrogens is 1. The molecule has 0 aliphatic carbocycles. The van der Waals surface area contributed by atoms with E-state index in [2.05, 4.69) is 10.5 Å². The lowest BCUT2D eigenvalue weighted by Gasteiger charge is -2.09. The molecule has 36 heavy (non-hydrogen) atoms. The number of amides is 1. The van der Waals surface area contributed by atoms with Crippen LogP contribution in [0.4, 0.5) is 5.69 Å². The lowest BCUT2D eigenvalue weighted by Crippen LogP contribution is -2.20. The predicted molar refractivity (Wildman–Crippen MR) is 133 cm³/mol. The Labute approximate surface area is 208 Å². The molecule has 0 bridgehead atoms. The largest absolute Gasteiger partial charge is 0.489 e. The molecule has 0 aliphatic rings. The molecule has 1 amide bonds. The highest BCUT2D eigenvalue weighted by atomic mass is 16.5. The third-order valence-corrected chi connectivity index (χ3v) is 5.38. The number of esters is 1. The van der Waals surface area contributed by atoms with Gasteiger partial charge in [-0.3, -0.25) is 4.79 Å². The normalized spacial score (nSPS) is 10.5. The van der Waals surface area contributed by atoms with E-state index < -0.39 is 18.5 Å². The second kappa shape index (κ2) is 11.7. The summed E-state index contributed by atoms with van der Waals surface area (Å²) >= 11 is 0. The number of nitrogens with one attached hydrogen (secondary N) is 1. The average molecular weight is 487 g/mol. The Bertz CT molecular complexity index is 1280. The summed E-state index contributed by atoms with van der Waals surface area (Å²) in [6.07, 6.45) is 0. The Morgan fingerprint density at radius 2 is 1.47 bits per heavy atom. The molecule has 184 valence electrons. The molecule has 3 aromatic carbocycles. The Balaban J connectivity index is 1.20. The van der Waals surface area contributed by atoms with E-state index in [1.165, 1.54) is 0 Å². The summed E-state index contributed by atoms with van der Waals surface area (Å²) in [4.78, 5) is 24.5. The zero-order valence-corrected chi connectivity index (χ0v) is 20.0. The van der Waals surface area contributed by atoms with Crippen LogP contribution in [0.2, 0.25) is 0 Å². The van der Waals surface area contributed by atoms with E-state index in [-0.39, 0.29) is 0 Å². The number of hydrogen-bond acceptors (Lipinski definition) is 7. The van der Waals surface area contributed by atoms with Crippen molar-refractivity contribution in [2.45, 2.75) is 27.1 Å². The Kier molecular flexibility index (Phi) is 7.97. The molecule has 0 saturated heterocycles. The van der Waals surface area contributed by atoms with Crippen molar-refractivity contribution in [2.75, 3.05) is 11.9 Å². The Morgan fingerprint density at radius 3 is 2.11 bits per heavy atom.